The first-order valence-electron chi connectivity index (χ1n) is 7.41. The Morgan fingerprint density at radius 3 is 2.40 bits per heavy atom. The van der Waals surface area contributed by atoms with Crippen LogP contribution in [0.15, 0.2) is 35.4 Å². The Hall–Kier alpha value is -1.84. The van der Waals surface area contributed by atoms with Gasteiger partial charge in [-0.25, -0.2) is 10.2 Å². The van der Waals surface area contributed by atoms with Gasteiger partial charge in [0.1, 0.15) is 0 Å². The summed E-state index contributed by atoms with van der Waals surface area (Å²) in [4.78, 5) is 10.8. The number of nitrogens with zero attached hydrogens (tertiary/aromatic N) is 1. The molecule has 1 aromatic carbocycles. The highest BCUT2D eigenvalue weighted by Gasteiger charge is 2.04. The molecule has 0 saturated heterocycles. The normalized spacial score (nSPS) is 11.3. The Bertz CT molecular complexity index is 415. The van der Waals surface area contributed by atoms with Crippen molar-refractivity contribution in [3.63, 3.8) is 0 Å². The van der Waals surface area contributed by atoms with E-state index >= 15 is 0 Å². The molecule has 0 radical (unpaired) electrons. The second-order valence-corrected chi connectivity index (χ2v) is 4.92. The van der Waals surface area contributed by atoms with Crippen LogP contribution < -0.4 is 11.2 Å². The summed E-state index contributed by atoms with van der Waals surface area (Å²) in [5, 5.41) is 4.12. The maximum atomic E-state index is 10.8. The van der Waals surface area contributed by atoms with Gasteiger partial charge in [0.05, 0.1) is 5.71 Å². The second-order valence-electron chi connectivity index (χ2n) is 4.92. The van der Waals surface area contributed by atoms with Gasteiger partial charge in [-0.05, 0) is 18.4 Å². The molecule has 0 fully saturated rings. The number of hydrogen-bond donors (Lipinski definition) is 2. The van der Waals surface area contributed by atoms with Crippen LogP contribution in [0.4, 0.5) is 4.79 Å². The standard InChI is InChI=1S/C16H25N3O/c1-2-3-4-5-6-10-13-15(18-19-16(17)20)14-11-8-7-9-12-14/h7-9,11-12H,2-6,10,13H2,1H3,(H3,17,19,20). The predicted molar refractivity (Wildman–Crippen MR) is 83.7 cm³/mol. The quantitative estimate of drug-likeness (QED) is 0.401. The number of urea groups is 1. The fraction of sp³-hybridized carbons (Fsp3) is 0.500. The van der Waals surface area contributed by atoms with E-state index in [1.54, 1.807) is 0 Å². The maximum absolute atomic E-state index is 10.8. The molecule has 1 aromatic rings. The molecular weight excluding hydrogens is 250 g/mol. The lowest BCUT2D eigenvalue weighted by atomic mass is 10.0. The molecule has 3 N–H and O–H groups in total. The molecule has 0 spiro atoms. The van der Waals surface area contributed by atoms with Gasteiger partial charge in [-0.1, -0.05) is 69.4 Å². The number of hydrazone groups is 1. The van der Waals surface area contributed by atoms with Crippen LogP contribution in [-0.2, 0) is 0 Å². The molecular formula is C16H25N3O. The number of rotatable bonds is 9. The van der Waals surface area contributed by atoms with E-state index in [9.17, 15) is 4.79 Å². The highest BCUT2D eigenvalue weighted by Crippen LogP contribution is 2.11. The fourth-order valence-corrected chi connectivity index (χ4v) is 2.09. The molecule has 0 bridgehead atoms. The zero-order chi connectivity index (χ0) is 14.6. The molecule has 0 aliphatic carbocycles. The van der Waals surface area contributed by atoms with E-state index in [1.807, 2.05) is 30.3 Å². The lowest BCUT2D eigenvalue weighted by Gasteiger charge is -2.07. The second kappa shape index (κ2) is 10.0. The van der Waals surface area contributed by atoms with Crippen molar-refractivity contribution in [3.05, 3.63) is 35.9 Å². The number of nitrogens with one attached hydrogen (secondary N) is 1. The van der Waals surface area contributed by atoms with Crippen molar-refractivity contribution in [1.29, 1.82) is 0 Å². The van der Waals surface area contributed by atoms with Crippen LogP contribution in [0.25, 0.3) is 0 Å². The molecule has 0 saturated carbocycles. The van der Waals surface area contributed by atoms with E-state index in [0.717, 1.165) is 24.1 Å². The molecule has 0 aromatic heterocycles. The number of carbonyl (C=O) groups is 1. The number of benzene rings is 1. The van der Waals surface area contributed by atoms with Crippen molar-refractivity contribution in [1.82, 2.24) is 5.43 Å². The Balaban J connectivity index is 2.47. The van der Waals surface area contributed by atoms with Crippen LogP contribution >= 0.6 is 0 Å². The largest absolute Gasteiger partial charge is 0.350 e. The third-order valence-corrected chi connectivity index (χ3v) is 3.18. The Morgan fingerprint density at radius 2 is 1.75 bits per heavy atom. The van der Waals surface area contributed by atoms with Crippen LogP contribution in [0.5, 0.6) is 0 Å². The molecule has 4 nitrogen and oxygen atoms in total. The average molecular weight is 275 g/mol. The van der Waals surface area contributed by atoms with Gasteiger partial charge in [-0.2, -0.15) is 5.10 Å². The molecule has 4 heteroatoms. The molecule has 0 unspecified atom stereocenters. The summed E-state index contributed by atoms with van der Waals surface area (Å²) in [5.74, 6) is 0. The lowest BCUT2D eigenvalue weighted by Crippen LogP contribution is -2.26. The minimum atomic E-state index is -0.624. The van der Waals surface area contributed by atoms with Gasteiger partial charge in [-0.3, -0.25) is 0 Å². The number of carbonyl (C=O) groups excluding carboxylic acids is 1. The van der Waals surface area contributed by atoms with Crippen molar-refractivity contribution in [3.8, 4) is 0 Å². The van der Waals surface area contributed by atoms with Crippen LogP contribution in [0, 0.1) is 0 Å². The Morgan fingerprint density at radius 1 is 1.10 bits per heavy atom. The first-order chi connectivity index (χ1) is 9.74. The van der Waals surface area contributed by atoms with E-state index in [-0.39, 0.29) is 0 Å². The number of amides is 2. The molecule has 0 aliphatic rings. The number of nitrogens with two attached hydrogens (primary N) is 1. The molecule has 0 atom stereocenters. The Kier molecular flexibility index (Phi) is 8.11. The fourth-order valence-electron chi connectivity index (χ4n) is 2.09. The smallest absolute Gasteiger partial charge is 0.332 e. The zero-order valence-electron chi connectivity index (χ0n) is 12.3. The van der Waals surface area contributed by atoms with Gasteiger partial charge in [0.15, 0.2) is 0 Å². The van der Waals surface area contributed by atoms with Crippen LogP contribution in [-0.4, -0.2) is 11.7 Å². The van der Waals surface area contributed by atoms with Gasteiger partial charge in [0.25, 0.3) is 0 Å². The van der Waals surface area contributed by atoms with Crippen molar-refractivity contribution < 1.29 is 4.79 Å². The summed E-state index contributed by atoms with van der Waals surface area (Å²) in [6.07, 6.45) is 8.27. The minimum Gasteiger partial charge on any atom is -0.350 e. The third-order valence-electron chi connectivity index (χ3n) is 3.18. The minimum absolute atomic E-state index is 0.624. The maximum Gasteiger partial charge on any atom is 0.332 e. The van der Waals surface area contributed by atoms with E-state index < -0.39 is 6.03 Å². The molecule has 2 amide bonds. The summed E-state index contributed by atoms with van der Waals surface area (Å²) in [7, 11) is 0. The van der Waals surface area contributed by atoms with Crippen molar-refractivity contribution >= 4 is 11.7 Å². The van der Waals surface area contributed by atoms with Gasteiger partial charge < -0.3 is 5.73 Å². The molecule has 20 heavy (non-hydrogen) atoms. The van der Waals surface area contributed by atoms with Crippen LogP contribution in [0.3, 0.4) is 0 Å². The van der Waals surface area contributed by atoms with Crippen molar-refractivity contribution in [2.75, 3.05) is 0 Å². The SMILES string of the molecule is CCCCCCCCC(=NNC(N)=O)c1ccccc1. The summed E-state index contributed by atoms with van der Waals surface area (Å²) >= 11 is 0. The van der Waals surface area contributed by atoms with Gasteiger partial charge in [0, 0.05) is 0 Å². The molecule has 0 aliphatic heterocycles. The summed E-state index contributed by atoms with van der Waals surface area (Å²) in [6.45, 7) is 2.22. The number of unbranched alkanes of at least 4 members (excludes halogenated alkanes) is 5. The first-order valence-corrected chi connectivity index (χ1v) is 7.41. The van der Waals surface area contributed by atoms with E-state index in [2.05, 4.69) is 17.5 Å². The van der Waals surface area contributed by atoms with Crippen molar-refractivity contribution in [2.45, 2.75) is 51.9 Å². The molecule has 0 heterocycles. The third kappa shape index (κ3) is 6.92. The first kappa shape index (κ1) is 16.2. The topological polar surface area (TPSA) is 67.5 Å². The van der Waals surface area contributed by atoms with Gasteiger partial charge >= 0.3 is 6.03 Å². The average Bonchev–Trinajstić information content (AvgIpc) is 2.46. The summed E-state index contributed by atoms with van der Waals surface area (Å²) < 4.78 is 0. The Labute approximate surface area is 121 Å². The van der Waals surface area contributed by atoms with E-state index in [1.165, 1.54) is 32.1 Å². The number of hydrogen-bond acceptors (Lipinski definition) is 2. The van der Waals surface area contributed by atoms with Crippen molar-refractivity contribution in [2.24, 2.45) is 10.8 Å². The molecule has 110 valence electrons. The summed E-state index contributed by atoms with van der Waals surface area (Å²) in [5.41, 5.74) is 9.33. The zero-order valence-corrected chi connectivity index (χ0v) is 12.3. The highest BCUT2D eigenvalue weighted by atomic mass is 16.2. The summed E-state index contributed by atoms with van der Waals surface area (Å²) in [6, 6.07) is 9.28. The van der Waals surface area contributed by atoms with Gasteiger partial charge in [0.2, 0.25) is 0 Å². The van der Waals surface area contributed by atoms with E-state index in [0.29, 0.717) is 0 Å². The highest BCUT2D eigenvalue weighted by molar-refractivity contribution is 6.00. The predicted octanol–water partition coefficient (Wildman–Crippen LogP) is 3.81. The molecule has 1 rings (SSSR count). The van der Waals surface area contributed by atoms with E-state index in [4.69, 9.17) is 5.73 Å². The lowest BCUT2D eigenvalue weighted by molar-refractivity contribution is 0.249. The van der Waals surface area contributed by atoms with Crippen LogP contribution in [0.1, 0.15) is 57.4 Å². The van der Waals surface area contributed by atoms with Gasteiger partial charge in [-0.15, -0.1) is 0 Å². The monoisotopic (exact) mass is 275 g/mol. The van der Waals surface area contributed by atoms with Crippen LogP contribution in [0.2, 0.25) is 0 Å². The number of primary amides is 1.